The number of amides is 1. The molecule has 102 valence electrons. The van der Waals surface area contributed by atoms with Gasteiger partial charge in [-0.15, -0.1) is 24.8 Å². The lowest BCUT2D eigenvalue weighted by atomic mass is 9.97. The molecule has 0 aromatic carbocycles. The van der Waals surface area contributed by atoms with Crippen molar-refractivity contribution in [3.05, 3.63) is 30.1 Å². The summed E-state index contributed by atoms with van der Waals surface area (Å²) in [5, 5.41) is 3.03. The number of nitrogens with zero attached hydrogens (tertiary/aromatic N) is 1. The molecular formula is C12H19Cl2N3O. The number of nitrogens with two attached hydrogens (primary N) is 1. The van der Waals surface area contributed by atoms with Crippen LogP contribution in [0.25, 0.3) is 0 Å². The van der Waals surface area contributed by atoms with Gasteiger partial charge in [0.2, 0.25) is 0 Å². The van der Waals surface area contributed by atoms with Crippen molar-refractivity contribution in [2.24, 2.45) is 5.73 Å². The minimum atomic E-state index is -0.200. The molecule has 1 heterocycles. The van der Waals surface area contributed by atoms with Crippen LogP contribution < -0.4 is 11.1 Å². The molecule has 6 heteroatoms. The van der Waals surface area contributed by atoms with Crippen LogP contribution in [-0.4, -0.2) is 23.0 Å². The lowest BCUT2D eigenvalue weighted by molar-refractivity contribution is 0.0898. The van der Waals surface area contributed by atoms with E-state index in [1.165, 1.54) is 0 Å². The van der Waals surface area contributed by atoms with Gasteiger partial charge < -0.3 is 11.1 Å². The van der Waals surface area contributed by atoms with Gasteiger partial charge in [-0.3, -0.25) is 9.78 Å². The SMILES string of the molecule is Cl.Cl.NCC1(NC(=O)c2ccccn2)CCCC1. The molecule has 2 rings (SSSR count). The van der Waals surface area contributed by atoms with Gasteiger partial charge in [0, 0.05) is 12.7 Å². The Morgan fingerprint density at radius 1 is 1.33 bits per heavy atom. The lowest BCUT2D eigenvalue weighted by Crippen LogP contribution is -2.51. The van der Waals surface area contributed by atoms with Crippen LogP contribution in [0.5, 0.6) is 0 Å². The molecule has 1 aromatic rings. The first kappa shape index (κ1) is 17.2. The highest BCUT2D eigenvalue weighted by Gasteiger charge is 2.34. The van der Waals surface area contributed by atoms with Crippen LogP contribution in [0.1, 0.15) is 36.2 Å². The molecule has 4 nitrogen and oxygen atoms in total. The fourth-order valence-corrected chi connectivity index (χ4v) is 2.23. The van der Waals surface area contributed by atoms with E-state index in [9.17, 15) is 4.79 Å². The van der Waals surface area contributed by atoms with Crippen LogP contribution >= 0.6 is 24.8 Å². The Morgan fingerprint density at radius 3 is 2.50 bits per heavy atom. The first-order chi connectivity index (χ1) is 7.76. The number of aromatic nitrogens is 1. The number of carbonyl (C=O) groups is 1. The van der Waals surface area contributed by atoms with Crippen molar-refractivity contribution in [2.75, 3.05) is 6.54 Å². The summed E-state index contributed by atoms with van der Waals surface area (Å²) >= 11 is 0. The van der Waals surface area contributed by atoms with Gasteiger partial charge in [-0.2, -0.15) is 0 Å². The third kappa shape index (κ3) is 3.83. The predicted molar refractivity (Wildman–Crippen MR) is 76.5 cm³/mol. The number of rotatable bonds is 3. The van der Waals surface area contributed by atoms with E-state index in [4.69, 9.17) is 5.73 Å². The highest BCUT2D eigenvalue weighted by Crippen LogP contribution is 2.28. The summed E-state index contributed by atoms with van der Waals surface area (Å²) in [6.07, 6.45) is 5.85. The summed E-state index contributed by atoms with van der Waals surface area (Å²) in [4.78, 5) is 16.0. The third-order valence-corrected chi connectivity index (χ3v) is 3.23. The summed E-state index contributed by atoms with van der Waals surface area (Å²) in [6.45, 7) is 0.506. The van der Waals surface area contributed by atoms with Gasteiger partial charge in [0.25, 0.3) is 5.91 Å². The zero-order valence-electron chi connectivity index (χ0n) is 10.1. The first-order valence-electron chi connectivity index (χ1n) is 5.69. The molecule has 0 unspecified atom stereocenters. The number of carbonyl (C=O) groups excluding carboxylic acids is 1. The molecule has 1 amide bonds. The normalized spacial score (nSPS) is 16.3. The number of hydrogen-bond acceptors (Lipinski definition) is 3. The Labute approximate surface area is 120 Å². The van der Waals surface area contributed by atoms with Crippen molar-refractivity contribution in [1.82, 2.24) is 10.3 Å². The molecular weight excluding hydrogens is 273 g/mol. The van der Waals surface area contributed by atoms with Crippen LogP contribution in [0.3, 0.4) is 0 Å². The smallest absolute Gasteiger partial charge is 0.270 e. The summed E-state index contributed by atoms with van der Waals surface area (Å²) in [7, 11) is 0. The fourth-order valence-electron chi connectivity index (χ4n) is 2.23. The van der Waals surface area contributed by atoms with Crippen LogP contribution in [0, 0.1) is 0 Å². The van der Waals surface area contributed by atoms with Crippen LogP contribution in [-0.2, 0) is 0 Å². The Hall–Kier alpha value is -0.840. The average Bonchev–Trinajstić information content (AvgIpc) is 2.79. The second kappa shape index (κ2) is 7.56. The summed E-state index contributed by atoms with van der Waals surface area (Å²) in [5.41, 5.74) is 6.02. The first-order valence-corrected chi connectivity index (χ1v) is 5.69. The lowest BCUT2D eigenvalue weighted by Gasteiger charge is -2.28. The van der Waals surface area contributed by atoms with E-state index in [1.807, 2.05) is 6.07 Å². The van der Waals surface area contributed by atoms with E-state index in [0.29, 0.717) is 12.2 Å². The zero-order valence-corrected chi connectivity index (χ0v) is 11.7. The molecule has 0 radical (unpaired) electrons. The molecule has 1 aliphatic rings. The summed E-state index contributed by atoms with van der Waals surface area (Å²) < 4.78 is 0. The number of nitrogens with one attached hydrogen (secondary N) is 1. The fraction of sp³-hybridized carbons (Fsp3) is 0.500. The molecule has 0 aliphatic heterocycles. The minimum Gasteiger partial charge on any atom is -0.344 e. The Morgan fingerprint density at radius 2 is 2.00 bits per heavy atom. The molecule has 0 saturated heterocycles. The molecule has 1 saturated carbocycles. The molecule has 0 atom stereocenters. The van der Waals surface area contributed by atoms with E-state index in [2.05, 4.69) is 10.3 Å². The van der Waals surface area contributed by atoms with E-state index in [0.717, 1.165) is 25.7 Å². The van der Waals surface area contributed by atoms with E-state index in [-0.39, 0.29) is 36.3 Å². The van der Waals surface area contributed by atoms with E-state index < -0.39 is 0 Å². The molecule has 3 N–H and O–H groups in total. The Bertz CT molecular complexity index is 367. The van der Waals surface area contributed by atoms with Crippen molar-refractivity contribution in [3.63, 3.8) is 0 Å². The van der Waals surface area contributed by atoms with Gasteiger partial charge in [0.1, 0.15) is 5.69 Å². The highest BCUT2D eigenvalue weighted by molar-refractivity contribution is 5.92. The van der Waals surface area contributed by atoms with Gasteiger partial charge in [-0.1, -0.05) is 18.9 Å². The topological polar surface area (TPSA) is 68.0 Å². The molecule has 0 spiro atoms. The van der Waals surface area contributed by atoms with Crippen molar-refractivity contribution in [1.29, 1.82) is 0 Å². The molecule has 18 heavy (non-hydrogen) atoms. The number of pyridine rings is 1. The van der Waals surface area contributed by atoms with Gasteiger partial charge in [0.15, 0.2) is 0 Å². The Balaban J connectivity index is 0.00000144. The maximum atomic E-state index is 11.9. The Kier molecular flexibility index (Phi) is 7.21. The van der Waals surface area contributed by atoms with Crippen molar-refractivity contribution < 1.29 is 4.79 Å². The monoisotopic (exact) mass is 291 g/mol. The van der Waals surface area contributed by atoms with Gasteiger partial charge in [0.05, 0.1) is 5.54 Å². The van der Waals surface area contributed by atoms with Crippen LogP contribution in [0.15, 0.2) is 24.4 Å². The average molecular weight is 292 g/mol. The van der Waals surface area contributed by atoms with Gasteiger partial charge in [-0.05, 0) is 25.0 Å². The van der Waals surface area contributed by atoms with Crippen molar-refractivity contribution >= 4 is 30.7 Å². The second-order valence-corrected chi connectivity index (χ2v) is 4.36. The van der Waals surface area contributed by atoms with Crippen molar-refractivity contribution in [2.45, 2.75) is 31.2 Å². The standard InChI is InChI=1S/C12H17N3O.2ClH/c13-9-12(6-2-3-7-12)15-11(16)10-5-1-4-8-14-10;;/h1,4-5,8H,2-3,6-7,9,13H2,(H,15,16);2*1H. The number of halogens is 2. The zero-order chi connectivity index (χ0) is 11.4. The highest BCUT2D eigenvalue weighted by atomic mass is 35.5. The summed E-state index contributed by atoms with van der Waals surface area (Å²) in [6, 6.07) is 5.32. The van der Waals surface area contributed by atoms with E-state index in [1.54, 1.807) is 18.3 Å². The number of hydrogen-bond donors (Lipinski definition) is 2. The quantitative estimate of drug-likeness (QED) is 0.894. The molecule has 0 bridgehead atoms. The van der Waals surface area contributed by atoms with E-state index >= 15 is 0 Å². The van der Waals surface area contributed by atoms with Crippen LogP contribution in [0.2, 0.25) is 0 Å². The van der Waals surface area contributed by atoms with Gasteiger partial charge >= 0.3 is 0 Å². The molecule has 1 fully saturated rings. The van der Waals surface area contributed by atoms with Gasteiger partial charge in [-0.25, -0.2) is 0 Å². The third-order valence-electron chi connectivity index (χ3n) is 3.23. The van der Waals surface area contributed by atoms with Crippen LogP contribution in [0.4, 0.5) is 0 Å². The van der Waals surface area contributed by atoms with Crippen molar-refractivity contribution in [3.8, 4) is 0 Å². The molecule has 1 aliphatic carbocycles. The predicted octanol–water partition coefficient (Wildman–Crippen LogP) is 1.93. The largest absolute Gasteiger partial charge is 0.344 e. The maximum absolute atomic E-state index is 11.9. The summed E-state index contributed by atoms with van der Waals surface area (Å²) in [5.74, 6) is -0.118. The minimum absolute atomic E-state index is 0. The maximum Gasteiger partial charge on any atom is 0.270 e. The second-order valence-electron chi connectivity index (χ2n) is 4.36. The molecule has 1 aromatic heterocycles.